The number of carbonyl (C=O) groups is 1. The molecule has 0 radical (unpaired) electrons. The lowest BCUT2D eigenvalue weighted by molar-refractivity contribution is 0.102. The molecule has 0 aliphatic heterocycles. The van der Waals surface area contributed by atoms with Crippen molar-refractivity contribution in [2.45, 2.75) is 6.54 Å². The predicted molar refractivity (Wildman–Crippen MR) is 110 cm³/mol. The lowest BCUT2D eigenvalue weighted by Crippen LogP contribution is -2.15. The number of carbonyl (C=O) groups excluding carboxylic acids is 1. The number of ether oxygens (including phenoxy) is 3. The zero-order valence-electron chi connectivity index (χ0n) is 16.4. The van der Waals surface area contributed by atoms with E-state index in [9.17, 15) is 4.79 Å². The molecular formula is C21H22N4O4. The molecule has 0 saturated heterocycles. The Morgan fingerprint density at radius 2 is 1.69 bits per heavy atom. The summed E-state index contributed by atoms with van der Waals surface area (Å²) >= 11 is 0. The van der Waals surface area contributed by atoms with Gasteiger partial charge in [0.05, 0.1) is 27.0 Å². The van der Waals surface area contributed by atoms with Crippen LogP contribution in [-0.4, -0.2) is 37.4 Å². The lowest BCUT2D eigenvalue weighted by atomic mass is 10.2. The minimum atomic E-state index is -0.391. The first-order valence-electron chi connectivity index (χ1n) is 8.87. The van der Waals surface area contributed by atoms with Gasteiger partial charge < -0.3 is 24.8 Å². The van der Waals surface area contributed by atoms with Gasteiger partial charge in [-0.05, 0) is 30.3 Å². The molecule has 0 fully saturated rings. The van der Waals surface area contributed by atoms with E-state index in [2.05, 4.69) is 20.8 Å². The molecular weight excluding hydrogens is 372 g/mol. The largest absolute Gasteiger partial charge is 0.497 e. The molecule has 29 heavy (non-hydrogen) atoms. The molecule has 0 saturated carbocycles. The van der Waals surface area contributed by atoms with E-state index in [4.69, 9.17) is 14.2 Å². The molecule has 150 valence electrons. The standard InChI is InChI=1S/C21H22N4O4/c1-27-15-8-9-16(19(12-15)29-3)23-21(26)17-10-11-20(25-24-17)22-13-14-6-4-5-7-18(14)28-2/h4-12H,13H2,1-3H3,(H,22,25)(H,23,26). The number of nitrogens with zero attached hydrogens (tertiary/aromatic N) is 2. The van der Waals surface area contributed by atoms with Crippen molar-refractivity contribution in [2.75, 3.05) is 32.0 Å². The van der Waals surface area contributed by atoms with Crippen LogP contribution in [0.25, 0.3) is 0 Å². The molecule has 2 N–H and O–H groups in total. The van der Waals surface area contributed by atoms with Gasteiger partial charge in [0.25, 0.3) is 5.91 Å². The molecule has 3 aromatic rings. The van der Waals surface area contributed by atoms with Crippen molar-refractivity contribution in [3.05, 3.63) is 65.9 Å². The average Bonchev–Trinajstić information content (AvgIpc) is 2.78. The van der Waals surface area contributed by atoms with Crippen LogP contribution < -0.4 is 24.8 Å². The number of aromatic nitrogens is 2. The van der Waals surface area contributed by atoms with Crippen molar-refractivity contribution < 1.29 is 19.0 Å². The molecule has 8 nitrogen and oxygen atoms in total. The second-order valence-electron chi connectivity index (χ2n) is 5.99. The first-order valence-corrected chi connectivity index (χ1v) is 8.87. The smallest absolute Gasteiger partial charge is 0.276 e. The van der Waals surface area contributed by atoms with Crippen LogP contribution in [0.1, 0.15) is 16.1 Å². The van der Waals surface area contributed by atoms with E-state index in [1.165, 1.54) is 7.11 Å². The molecule has 1 aromatic heterocycles. The Bertz CT molecular complexity index is 977. The van der Waals surface area contributed by atoms with Crippen LogP contribution in [0.4, 0.5) is 11.5 Å². The minimum absolute atomic E-state index is 0.186. The highest BCUT2D eigenvalue weighted by molar-refractivity contribution is 6.03. The Morgan fingerprint density at radius 1 is 0.897 bits per heavy atom. The summed E-state index contributed by atoms with van der Waals surface area (Å²) in [5, 5.41) is 14.0. The zero-order chi connectivity index (χ0) is 20.6. The predicted octanol–water partition coefficient (Wildman–Crippen LogP) is 3.37. The minimum Gasteiger partial charge on any atom is -0.497 e. The van der Waals surface area contributed by atoms with E-state index in [1.807, 2.05) is 24.3 Å². The Morgan fingerprint density at radius 3 is 2.38 bits per heavy atom. The fraction of sp³-hybridized carbons (Fsp3) is 0.190. The molecule has 0 spiro atoms. The number of hydrogen-bond donors (Lipinski definition) is 2. The van der Waals surface area contributed by atoms with Crippen LogP contribution >= 0.6 is 0 Å². The van der Waals surface area contributed by atoms with E-state index in [-0.39, 0.29) is 5.69 Å². The van der Waals surface area contributed by atoms with Gasteiger partial charge in [0.2, 0.25) is 0 Å². The number of anilines is 2. The monoisotopic (exact) mass is 394 g/mol. The van der Waals surface area contributed by atoms with E-state index in [0.29, 0.717) is 29.5 Å². The van der Waals surface area contributed by atoms with Crippen LogP contribution in [0.15, 0.2) is 54.6 Å². The highest BCUT2D eigenvalue weighted by atomic mass is 16.5. The number of para-hydroxylation sites is 1. The second-order valence-corrected chi connectivity index (χ2v) is 5.99. The summed E-state index contributed by atoms with van der Waals surface area (Å²) in [6.07, 6.45) is 0. The fourth-order valence-corrected chi connectivity index (χ4v) is 2.67. The number of hydrogen-bond acceptors (Lipinski definition) is 7. The number of methoxy groups -OCH3 is 3. The Hall–Kier alpha value is -3.81. The molecule has 8 heteroatoms. The fourth-order valence-electron chi connectivity index (χ4n) is 2.67. The van der Waals surface area contributed by atoms with Gasteiger partial charge >= 0.3 is 0 Å². The van der Waals surface area contributed by atoms with Gasteiger partial charge in [-0.2, -0.15) is 0 Å². The SMILES string of the molecule is COc1ccc(NC(=O)c2ccc(NCc3ccccc3OC)nn2)c(OC)c1. The number of nitrogens with one attached hydrogen (secondary N) is 2. The molecule has 0 aliphatic rings. The van der Waals surface area contributed by atoms with Crippen molar-refractivity contribution in [1.82, 2.24) is 10.2 Å². The molecule has 3 rings (SSSR count). The van der Waals surface area contributed by atoms with Crippen molar-refractivity contribution in [3.63, 3.8) is 0 Å². The Balaban J connectivity index is 1.64. The maximum absolute atomic E-state index is 12.5. The van der Waals surface area contributed by atoms with Gasteiger partial charge in [0.1, 0.15) is 23.1 Å². The summed E-state index contributed by atoms with van der Waals surface area (Å²) < 4.78 is 15.8. The Kier molecular flexibility index (Phi) is 6.47. The first-order chi connectivity index (χ1) is 14.1. The van der Waals surface area contributed by atoms with Gasteiger partial charge in [0, 0.05) is 18.2 Å². The molecule has 1 amide bonds. The quantitative estimate of drug-likeness (QED) is 0.605. The van der Waals surface area contributed by atoms with Crippen molar-refractivity contribution in [1.29, 1.82) is 0 Å². The average molecular weight is 394 g/mol. The maximum atomic E-state index is 12.5. The molecule has 1 heterocycles. The third-order valence-corrected chi connectivity index (χ3v) is 4.21. The van der Waals surface area contributed by atoms with Gasteiger partial charge in [-0.15, -0.1) is 10.2 Å². The van der Waals surface area contributed by atoms with Gasteiger partial charge in [-0.25, -0.2) is 0 Å². The third-order valence-electron chi connectivity index (χ3n) is 4.21. The molecule has 2 aromatic carbocycles. The number of benzene rings is 2. The summed E-state index contributed by atoms with van der Waals surface area (Å²) in [7, 11) is 4.71. The molecule has 0 aliphatic carbocycles. The van der Waals surface area contributed by atoms with Crippen molar-refractivity contribution in [3.8, 4) is 17.2 Å². The normalized spacial score (nSPS) is 10.2. The number of amides is 1. The van der Waals surface area contributed by atoms with Gasteiger partial charge in [-0.3, -0.25) is 4.79 Å². The van der Waals surface area contributed by atoms with E-state index >= 15 is 0 Å². The number of rotatable bonds is 8. The van der Waals surface area contributed by atoms with Crippen LogP contribution in [0.3, 0.4) is 0 Å². The summed E-state index contributed by atoms with van der Waals surface area (Å²) in [5.41, 5.74) is 1.69. The first kappa shape index (κ1) is 19.9. The summed E-state index contributed by atoms with van der Waals surface area (Å²) in [6.45, 7) is 0.521. The third kappa shape index (κ3) is 4.92. The van der Waals surface area contributed by atoms with Gasteiger partial charge in [0.15, 0.2) is 5.69 Å². The van der Waals surface area contributed by atoms with Gasteiger partial charge in [-0.1, -0.05) is 18.2 Å². The van der Waals surface area contributed by atoms with Crippen LogP contribution in [0.5, 0.6) is 17.2 Å². The summed E-state index contributed by atoms with van der Waals surface area (Å²) in [6, 6.07) is 16.1. The Labute approximate surface area is 168 Å². The molecule has 0 unspecified atom stereocenters. The summed E-state index contributed by atoms with van der Waals surface area (Å²) in [5.74, 6) is 2.06. The van der Waals surface area contributed by atoms with Crippen molar-refractivity contribution >= 4 is 17.4 Å². The van der Waals surface area contributed by atoms with E-state index in [0.717, 1.165) is 11.3 Å². The summed E-state index contributed by atoms with van der Waals surface area (Å²) in [4.78, 5) is 12.5. The molecule has 0 bridgehead atoms. The van der Waals surface area contributed by atoms with Crippen LogP contribution in [0, 0.1) is 0 Å². The lowest BCUT2D eigenvalue weighted by Gasteiger charge is -2.11. The van der Waals surface area contributed by atoms with Crippen molar-refractivity contribution in [2.24, 2.45) is 0 Å². The molecule has 0 atom stereocenters. The van der Waals surface area contributed by atoms with E-state index in [1.54, 1.807) is 44.6 Å². The second kappa shape index (κ2) is 9.41. The van der Waals surface area contributed by atoms with Crippen LogP contribution in [0.2, 0.25) is 0 Å². The maximum Gasteiger partial charge on any atom is 0.276 e. The van der Waals surface area contributed by atoms with E-state index < -0.39 is 5.91 Å². The zero-order valence-corrected chi connectivity index (χ0v) is 16.4. The highest BCUT2D eigenvalue weighted by Gasteiger charge is 2.13. The topological polar surface area (TPSA) is 94.6 Å². The highest BCUT2D eigenvalue weighted by Crippen LogP contribution is 2.29. The van der Waals surface area contributed by atoms with Crippen LogP contribution in [-0.2, 0) is 6.54 Å².